The van der Waals surface area contributed by atoms with Gasteiger partial charge in [-0.05, 0) is 55.8 Å². The fourth-order valence-corrected chi connectivity index (χ4v) is 5.65. The van der Waals surface area contributed by atoms with Crippen molar-refractivity contribution in [3.8, 4) is 40.5 Å². The number of hydrogen-bond donors (Lipinski definition) is 1. The Labute approximate surface area is 253 Å². The van der Waals surface area contributed by atoms with Crippen LogP contribution in [0.2, 0.25) is 5.02 Å². The molecule has 1 aliphatic rings. The fraction of sp³-hybridized carbons (Fsp3) is 0.290. The molecule has 0 spiro atoms. The average molecular weight is 602 g/mol. The molecular weight excluding hydrogens is 574 g/mol. The van der Waals surface area contributed by atoms with Crippen LogP contribution in [0.25, 0.3) is 22.6 Å². The van der Waals surface area contributed by atoms with Crippen LogP contribution < -0.4 is 10.5 Å². The van der Waals surface area contributed by atoms with Crippen molar-refractivity contribution in [2.75, 3.05) is 18.9 Å². The topological polar surface area (TPSA) is 140 Å². The second kappa shape index (κ2) is 12.4. The number of nitrogens with zero attached hydrogens (tertiary/aromatic N) is 4. The van der Waals surface area contributed by atoms with Crippen molar-refractivity contribution in [1.29, 1.82) is 10.5 Å². The number of ether oxygens (including phenoxy) is 3. The lowest BCUT2D eigenvalue weighted by Crippen LogP contribution is -2.25. The average Bonchev–Trinajstić information content (AvgIpc) is 3.57. The third-order valence-corrected chi connectivity index (χ3v) is 7.84. The predicted molar refractivity (Wildman–Crippen MR) is 160 cm³/mol. The van der Waals surface area contributed by atoms with E-state index in [0.29, 0.717) is 58.2 Å². The van der Waals surface area contributed by atoms with Crippen LogP contribution in [-0.4, -0.2) is 35.1 Å². The second-order valence-corrected chi connectivity index (χ2v) is 11.4. The molecule has 0 aliphatic carbocycles. The maximum absolute atomic E-state index is 10.2. The van der Waals surface area contributed by atoms with Gasteiger partial charge in [0.05, 0.1) is 17.9 Å². The molecule has 0 amide bonds. The number of halogens is 1. The lowest BCUT2D eigenvalue weighted by atomic mass is 9.97. The summed E-state index contributed by atoms with van der Waals surface area (Å²) in [4.78, 5) is 9.12. The number of rotatable bonds is 9. The van der Waals surface area contributed by atoms with Crippen molar-refractivity contribution in [2.45, 2.75) is 49.9 Å². The number of nitrogen functional groups attached to an aromatic ring is 1. The first kappa shape index (κ1) is 29.4. The molecule has 2 N–H and O–H groups in total. The van der Waals surface area contributed by atoms with Crippen molar-refractivity contribution >= 4 is 29.2 Å². The highest BCUT2D eigenvalue weighted by Crippen LogP contribution is 2.38. The highest BCUT2D eigenvalue weighted by atomic mass is 35.5. The van der Waals surface area contributed by atoms with Gasteiger partial charge in [-0.2, -0.15) is 10.5 Å². The minimum Gasteiger partial charge on any atom is -0.491 e. The Kier molecular flexibility index (Phi) is 8.72. The monoisotopic (exact) mass is 601 g/mol. The minimum atomic E-state index is -0.624. The maximum Gasteiger partial charge on any atom is 0.226 e. The highest BCUT2D eigenvalue weighted by Gasteiger charge is 2.33. The summed E-state index contributed by atoms with van der Waals surface area (Å²) < 4.78 is 23.3. The number of hydrogen-bond acceptors (Lipinski definition) is 10. The van der Waals surface area contributed by atoms with Crippen molar-refractivity contribution in [2.24, 2.45) is 0 Å². The van der Waals surface area contributed by atoms with Crippen LogP contribution in [0.3, 0.4) is 0 Å². The van der Waals surface area contributed by atoms with E-state index in [1.165, 1.54) is 11.8 Å². The van der Waals surface area contributed by atoms with E-state index in [0.717, 1.165) is 17.0 Å². The first-order valence-corrected chi connectivity index (χ1v) is 14.6. The number of benzene rings is 2. The Morgan fingerprint density at radius 1 is 1.05 bits per heavy atom. The molecule has 11 heteroatoms. The Bertz CT molecular complexity index is 1670. The molecule has 2 aromatic carbocycles. The first-order chi connectivity index (χ1) is 20.2. The lowest BCUT2D eigenvalue weighted by Gasteiger charge is -2.17. The first-order valence-electron chi connectivity index (χ1n) is 13.3. The van der Waals surface area contributed by atoms with Gasteiger partial charge >= 0.3 is 0 Å². The van der Waals surface area contributed by atoms with E-state index >= 15 is 0 Å². The summed E-state index contributed by atoms with van der Waals surface area (Å²) in [5.41, 5.74) is 9.26. The van der Waals surface area contributed by atoms with Crippen LogP contribution in [0.1, 0.15) is 43.4 Å². The Morgan fingerprint density at radius 2 is 1.74 bits per heavy atom. The van der Waals surface area contributed by atoms with E-state index in [2.05, 4.69) is 17.1 Å². The third kappa shape index (κ3) is 6.38. The molecule has 3 heterocycles. The number of nitrogens with two attached hydrogens (primary N) is 1. The van der Waals surface area contributed by atoms with E-state index < -0.39 is 5.79 Å². The number of nitriles is 2. The van der Waals surface area contributed by atoms with Gasteiger partial charge in [0.1, 0.15) is 52.8 Å². The summed E-state index contributed by atoms with van der Waals surface area (Å²) in [6.07, 6.45) is 0.469. The van der Waals surface area contributed by atoms with Crippen LogP contribution >= 0.6 is 23.4 Å². The van der Waals surface area contributed by atoms with E-state index in [9.17, 15) is 10.5 Å². The number of aromatic nitrogens is 2. The minimum absolute atomic E-state index is 0.0491. The van der Waals surface area contributed by atoms with E-state index in [1.807, 2.05) is 32.9 Å². The zero-order chi connectivity index (χ0) is 29.9. The van der Waals surface area contributed by atoms with Gasteiger partial charge in [-0.3, -0.25) is 0 Å². The molecule has 5 rings (SSSR count). The molecule has 1 aliphatic heterocycles. The summed E-state index contributed by atoms with van der Waals surface area (Å²) in [5.74, 6) is 1.67. The normalized spacial score (nSPS) is 15.7. The van der Waals surface area contributed by atoms with Crippen LogP contribution in [-0.2, 0) is 21.6 Å². The predicted octanol–water partition coefficient (Wildman–Crippen LogP) is 6.77. The van der Waals surface area contributed by atoms with Gasteiger partial charge in [-0.15, -0.1) is 0 Å². The van der Waals surface area contributed by atoms with E-state index in [-0.39, 0.29) is 23.0 Å². The number of anilines is 1. The van der Waals surface area contributed by atoms with Gasteiger partial charge in [0.15, 0.2) is 5.79 Å². The molecule has 214 valence electrons. The van der Waals surface area contributed by atoms with Crippen LogP contribution in [0.5, 0.6) is 5.75 Å². The molecule has 1 atom stereocenters. The van der Waals surface area contributed by atoms with Gasteiger partial charge in [0.25, 0.3) is 0 Å². The van der Waals surface area contributed by atoms with Crippen LogP contribution in [0.15, 0.2) is 58.0 Å². The van der Waals surface area contributed by atoms with Gasteiger partial charge in [-0.1, -0.05) is 42.4 Å². The zero-order valence-corrected chi connectivity index (χ0v) is 24.9. The fourth-order valence-electron chi connectivity index (χ4n) is 4.57. The third-order valence-electron chi connectivity index (χ3n) is 6.60. The van der Waals surface area contributed by atoms with Crippen LogP contribution in [0.4, 0.5) is 5.82 Å². The van der Waals surface area contributed by atoms with Crippen molar-refractivity contribution < 1.29 is 18.6 Å². The summed E-state index contributed by atoms with van der Waals surface area (Å²) in [6, 6.07) is 18.8. The van der Waals surface area contributed by atoms with E-state index in [1.54, 1.807) is 36.4 Å². The van der Waals surface area contributed by atoms with Crippen molar-refractivity contribution in [3.05, 3.63) is 76.1 Å². The highest BCUT2D eigenvalue weighted by molar-refractivity contribution is 7.98. The summed E-state index contributed by atoms with van der Waals surface area (Å²) in [7, 11) is 0. The Morgan fingerprint density at radius 3 is 2.36 bits per heavy atom. The molecular formula is C31H28ClN5O4S. The summed E-state index contributed by atoms with van der Waals surface area (Å²) in [5, 5.41) is 21.1. The van der Waals surface area contributed by atoms with Gasteiger partial charge < -0.3 is 24.4 Å². The molecule has 2 aromatic heterocycles. The number of pyridine rings is 1. The SMILES string of the molecule is CCc1oc(-c2ccc(Cl)cc2)nc1CSc1nc(N)c(C#N)c(-c2ccc(OC[C@H]3COC(C)(C)O3)cc2)c1C#N. The second-order valence-electron chi connectivity index (χ2n) is 9.97. The quantitative estimate of drug-likeness (QED) is 0.204. The molecule has 0 radical (unpaired) electrons. The van der Waals surface area contributed by atoms with Gasteiger partial charge in [0.2, 0.25) is 5.89 Å². The molecule has 0 unspecified atom stereocenters. The standard InChI is InChI=1S/C31H28ClN5O4S/c1-4-26-25(36-29(40-26)19-5-9-20(32)10-6-19)17-42-30-24(14-34)27(23(13-33)28(35)37-30)18-7-11-21(12-8-18)38-15-22-16-39-31(2,3)41-22/h5-12,22H,4,15-17H2,1-3H3,(H2,35,37)/t22-/m0/s1. The lowest BCUT2D eigenvalue weighted by molar-refractivity contribution is -0.141. The number of oxazole rings is 1. The smallest absolute Gasteiger partial charge is 0.226 e. The molecule has 9 nitrogen and oxygen atoms in total. The van der Waals surface area contributed by atoms with Crippen molar-refractivity contribution in [1.82, 2.24) is 9.97 Å². The number of aryl methyl sites for hydroxylation is 1. The largest absolute Gasteiger partial charge is 0.491 e. The number of thioether (sulfide) groups is 1. The van der Waals surface area contributed by atoms with Crippen molar-refractivity contribution in [3.63, 3.8) is 0 Å². The molecule has 1 saturated heterocycles. The molecule has 42 heavy (non-hydrogen) atoms. The maximum atomic E-state index is 10.2. The Hall–Kier alpha value is -4.06. The Balaban J connectivity index is 1.39. The molecule has 0 bridgehead atoms. The van der Waals surface area contributed by atoms with Gasteiger partial charge in [0, 0.05) is 28.3 Å². The zero-order valence-electron chi connectivity index (χ0n) is 23.3. The molecule has 0 saturated carbocycles. The van der Waals surface area contributed by atoms with Crippen LogP contribution in [0, 0.1) is 22.7 Å². The van der Waals surface area contributed by atoms with Gasteiger partial charge in [-0.25, -0.2) is 9.97 Å². The summed E-state index contributed by atoms with van der Waals surface area (Å²) in [6.45, 7) is 6.50. The molecule has 1 fully saturated rings. The van der Waals surface area contributed by atoms with E-state index in [4.69, 9.17) is 40.9 Å². The summed E-state index contributed by atoms with van der Waals surface area (Å²) >= 11 is 7.34. The molecule has 4 aromatic rings.